The van der Waals surface area contributed by atoms with E-state index in [1.54, 1.807) is 0 Å². The van der Waals surface area contributed by atoms with Gasteiger partial charge < -0.3 is 9.84 Å². The third-order valence-electron chi connectivity index (χ3n) is 4.84. The second-order valence-electron chi connectivity index (χ2n) is 7.18. The highest BCUT2D eigenvalue weighted by molar-refractivity contribution is 4.80. The zero-order valence-corrected chi connectivity index (χ0v) is 14.0. The van der Waals surface area contributed by atoms with Crippen molar-refractivity contribution in [3.63, 3.8) is 0 Å². The Morgan fingerprint density at radius 1 is 1.10 bits per heavy atom. The van der Waals surface area contributed by atoms with E-state index < -0.39 is 0 Å². The number of hydrogen-bond donors (Lipinski definition) is 1. The molecule has 2 aliphatic heterocycles. The van der Waals surface area contributed by atoms with Gasteiger partial charge in [-0.1, -0.05) is 20.3 Å². The first kappa shape index (κ1) is 17.2. The maximum absolute atomic E-state index is 10.4. The Morgan fingerprint density at radius 3 is 2.57 bits per heavy atom. The molecule has 0 saturated carbocycles. The zero-order valence-electron chi connectivity index (χ0n) is 14.0. The molecule has 124 valence electrons. The van der Waals surface area contributed by atoms with Gasteiger partial charge in [0.25, 0.3) is 0 Å². The molecule has 0 bridgehead atoms. The van der Waals surface area contributed by atoms with Crippen molar-refractivity contribution in [2.75, 3.05) is 45.9 Å². The minimum Gasteiger partial charge on any atom is -0.390 e. The van der Waals surface area contributed by atoms with Crippen LogP contribution in [-0.2, 0) is 4.74 Å². The fraction of sp³-hybridized carbons (Fsp3) is 1.00. The number of β-amino-alcohol motifs (C(OH)–C–C–N with tert-alkyl or cyclic N) is 1. The van der Waals surface area contributed by atoms with Crippen molar-refractivity contribution < 1.29 is 9.84 Å². The first-order valence-corrected chi connectivity index (χ1v) is 8.87. The van der Waals surface area contributed by atoms with Crippen LogP contribution in [0.4, 0.5) is 0 Å². The van der Waals surface area contributed by atoms with E-state index in [0.717, 1.165) is 45.3 Å². The van der Waals surface area contributed by atoms with Crippen LogP contribution in [0.15, 0.2) is 0 Å². The average Bonchev–Trinajstić information content (AvgIpc) is 2.47. The average molecular weight is 298 g/mol. The fourth-order valence-corrected chi connectivity index (χ4v) is 3.56. The monoisotopic (exact) mass is 298 g/mol. The van der Waals surface area contributed by atoms with Gasteiger partial charge >= 0.3 is 0 Å². The normalized spacial score (nSPS) is 27.1. The summed E-state index contributed by atoms with van der Waals surface area (Å²) in [5, 5.41) is 10.4. The van der Waals surface area contributed by atoms with Gasteiger partial charge in [-0.05, 0) is 38.1 Å². The van der Waals surface area contributed by atoms with Crippen molar-refractivity contribution in [1.82, 2.24) is 9.80 Å². The number of hydrogen-bond acceptors (Lipinski definition) is 4. The molecule has 0 spiro atoms. The van der Waals surface area contributed by atoms with Crippen LogP contribution in [0, 0.1) is 5.92 Å². The van der Waals surface area contributed by atoms with E-state index in [1.807, 2.05) is 0 Å². The van der Waals surface area contributed by atoms with Gasteiger partial charge in [0.1, 0.15) is 0 Å². The fourth-order valence-electron chi connectivity index (χ4n) is 3.56. The van der Waals surface area contributed by atoms with Gasteiger partial charge in [-0.15, -0.1) is 0 Å². The third-order valence-corrected chi connectivity index (χ3v) is 4.84. The molecular weight excluding hydrogens is 264 g/mol. The van der Waals surface area contributed by atoms with Gasteiger partial charge in [-0.2, -0.15) is 0 Å². The molecule has 0 aromatic heterocycles. The van der Waals surface area contributed by atoms with E-state index in [-0.39, 0.29) is 6.10 Å². The van der Waals surface area contributed by atoms with Crippen LogP contribution in [0.5, 0.6) is 0 Å². The molecule has 2 aliphatic rings. The number of rotatable bonds is 7. The maximum Gasteiger partial charge on any atom is 0.0793 e. The lowest BCUT2D eigenvalue weighted by atomic mass is 9.94. The van der Waals surface area contributed by atoms with Crippen LogP contribution < -0.4 is 0 Å². The smallest absolute Gasteiger partial charge is 0.0793 e. The van der Waals surface area contributed by atoms with E-state index >= 15 is 0 Å². The number of likely N-dealkylation sites (tertiary alicyclic amines) is 1. The van der Waals surface area contributed by atoms with Crippen LogP contribution in [0.25, 0.3) is 0 Å². The van der Waals surface area contributed by atoms with Gasteiger partial charge in [0.15, 0.2) is 0 Å². The number of ether oxygens (including phenoxy) is 1. The zero-order chi connectivity index (χ0) is 15.1. The highest BCUT2D eigenvalue weighted by Crippen LogP contribution is 2.22. The SMILES string of the molecule is CC(C)CCC1CCCCN1CC(O)CN1CCOCC1. The van der Waals surface area contributed by atoms with Crippen molar-refractivity contribution in [2.24, 2.45) is 5.92 Å². The molecule has 21 heavy (non-hydrogen) atoms. The van der Waals surface area contributed by atoms with Crippen LogP contribution in [0.1, 0.15) is 46.0 Å². The third kappa shape index (κ3) is 6.23. The van der Waals surface area contributed by atoms with E-state index in [0.29, 0.717) is 6.04 Å². The van der Waals surface area contributed by atoms with Gasteiger partial charge in [-0.3, -0.25) is 9.80 Å². The molecule has 2 heterocycles. The molecule has 0 aromatic carbocycles. The molecular formula is C17H34N2O2. The van der Waals surface area contributed by atoms with Crippen molar-refractivity contribution in [3.8, 4) is 0 Å². The standard InChI is InChI=1S/C17H34N2O2/c1-15(2)6-7-16-5-3-4-8-19(16)14-17(20)13-18-9-11-21-12-10-18/h15-17,20H,3-14H2,1-2H3. The quantitative estimate of drug-likeness (QED) is 0.779. The molecule has 0 radical (unpaired) electrons. The lowest BCUT2D eigenvalue weighted by Crippen LogP contribution is -2.48. The Hall–Kier alpha value is -0.160. The number of piperidine rings is 1. The summed E-state index contributed by atoms with van der Waals surface area (Å²) in [6.45, 7) is 11.0. The van der Waals surface area contributed by atoms with Crippen molar-refractivity contribution in [2.45, 2.75) is 58.1 Å². The Bertz CT molecular complexity index is 280. The number of nitrogens with zero attached hydrogens (tertiary/aromatic N) is 2. The lowest BCUT2D eigenvalue weighted by Gasteiger charge is -2.38. The van der Waals surface area contributed by atoms with Crippen molar-refractivity contribution in [1.29, 1.82) is 0 Å². The summed E-state index contributed by atoms with van der Waals surface area (Å²) in [5.74, 6) is 0.784. The Labute approximate surface area is 130 Å². The Balaban J connectivity index is 1.74. The van der Waals surface area contributed by atoms with E-state index in [4.69, 9.17) is 4.74 Å². The summed E-state index contributed by atoms with van der Waals surface area (Å²) >= 11 is 0. The van der Waals surface area contributed by atoms with Gasteiger partial charge in [0.2, 0.25) is 0 Å². The summed E-state index contributed by atoms with van der Waals surface area (Å²) in [4.78, 5) is 4.89. The number of morpholine rings is 1. The van der Waals surface area contributed by atoms with E-state index in [9.17, 15) is 5.11 Å². The summed E-state index contributed by atoms with van der Waals surface area (Å²) in [7, 11) is 0. The maximum atomic E-state index is 10.4. The lowest BCUT2D eigenvalue weighted by molar-refractivity contribution is -0.00126. The summed E-state index contributed by atoms with van der Waals surface area (Å²) in [6.07, 6.45) is 6.35. The molecule has 0 aromatic rings. The minimum atomic E-state index is -0.220. The first-order valence-electron chi connectivity index (χ1n) is 8.87. The topological polar surface area (TPSA) is 35.9 Å². The molecule has 2 atom stereocenters. The van der Waals surface area contributed by atoms with Crippen LogP contribution >= 0.6 is 0 Å². The van der Waals surface area contributed by atoms with Gasteiger partial charge in [-0.25, -0.2) is 0 Å². The second kappa shape index (κ2) is 9.09. The summed E-state index contributed by atoms with van der Waals surface area (Å²) in [6, 6.07) is 0.695. The summed E-state index contributed by atoms with van der Waals surface area (Å²) < 4.78 is 5.37. The molecule has 2 saturated heterocycles. The molecule has 2 rings (SSSR count). The van der Waals surface area contributed by atoms with Crippen molar-refractivity contribution >= 4 is 0 Å². The van der Waals surface area contributed by atoms with Crippen LogP contribution in [0.3, 0.4) is 0 Å². The van der Waals surface area contributed by atoms with Gasteiger partial charge in [0, 0.05) is 32.2 Å². The Kier molecular flexibility index (Phi) is 7.44. The summed E-state index contributed by atoms with van der Waals surface area (Å²) in [5.41, 5.74) is 0. The first-order chi connectivity index (χ1) is 10.1. The van der Waals surface area contributed by atoms with Crippen molar-refractivity contribution in [3.05, 3.63) is 0 Å². The second-order valence-corrected chi connectivity index (χ2v) is 7.18. The largest absolute Gasteiger partial charge is 0.390 e. The minimum absolute atomic E-state index is 0.220. The van der Waals surface area contributed by atoms with Gasteiger partial charge in [0.05, 0.1) is 19.3 Å². The highest BCUT2D eigenvalue weighted by atomic mass is 16.5. The molecule has 1 N–H and O–H groups in total. The van der Waals surface area contributed by atoms with E-state index in [2.05, 4.69) is 23.6 Å². The molecule has 0 aliphatic carbocycles. The predicted octanol–water partition coefficient (Wildman–Crippen LogP) is 1.97. The molecule has 0 amide bonds. The van der Waals surface area contributed by atoms with Crippen LogP contribution in [0.2, 0.25) is 0 Å². The molecule has 2 fully saturated rings. The Morgan fingerprint density at radius 2 is 1.86 bits per heavy atom. The van der Waals surface area contributed by atoms with E-state index in [1.165, 1.54) is 38.6 Å². The molecule has 2 unspecified atom stereocenters. The number of aliphatic hydroxyl groups excluding tert-OH is 1. The highest BCUT2D eigenvalue weighted by Gasteiger charge is 2.25. The number of aliphatic hydroxyl groups is 1. The predicted molar refractivity (Wildman–Crippen MR) is 86.5 cm³/mol. The molecule has 4 nitrogen and oxygen atoms in total. The van der Waals surface area contributed by atoms with Crippen LogP contribution in [-0.4, -0.2) is 73.0 Å². The molecule has 4 heteroatoms.